The van der Waals surface area contributed by atoms with E-state index in [4.69, 9.17) is 0 Å². The number of thiazole rings is 1. The number of hydrogen-bond donors (Lipinski definition) is 1. The van der Waals surface area contributed by atoms with E-state index in [1.165, 1.54) is 0 Å². The number of rotatable bonds is 2. The summed E-state index contributed by atoms with van der Waals surface area (Å²) in [5.41, 5.74) is -0.825. The summed E-state index contributed by atoms with van der Waals surface area (Å²) in [5.74, 6) is 0.0775. The van der Waals surface area contributed by atoms with Gasteiger partial charge in [0.05, 0.1) is 10.9 Å². The molecule has 3 heterocycles. The monoisotopic (exact) mass is 319 g/mol. The number of amides is 1. The van der Waals surface area contributed by atoms with Crippen molar-refractivity contribution in [3.05, 3.63) is 16.1 Å². The second-order valence-corrected chi connectivity index (χ2v) is 6.44. The van der Waals surface area contributed by atoms with Gasteiger partial charge in [0.1, 0.15) is 0 Å². The molecular formula is C13H16F3N3OS. The van der Waals surface area contributed by atoms with Crippen LogP contribution in [0.1, 0.15) is 29.5 Å². The van der Waals surface area contributed by atoms with Gasteiger partial charge in [-0.15, -0.1) is 11.3 Å². The number of halogens is 3. The van der Waals surface area contributed by atoms with Gasteiger partial charge < -0.3 is 10.2 Å². The molecule has 1 N–H and O–H groups in total. The molecule has 0 bridgehead atoms. The van der Waals surface area contributed by atoms with Crippen LogP contribution in [0.2, 0.25) is 0 Å². The number of carbonyl (C=O) groups is 1. The molecule has 2 fully saturated rings. The summed E-state index contributed by atoms with van der Waals surface area (Å²) in [6.07, 6.45) is -2.79. The zero-order valence-electron chi connectivity index (χ0n) is 11.3. The molecule has 1 atom stereocenters. The Kier molecular flexibility index (Phi) is 3.92. The Labute approximate surface area is 124 Å². The van der Waals surface area contributed by atoms with E-state index < -0.39 is 11.9 Å². The molecule has 0 spiro atoms. The highest BCUT2D eigenvalue weighted by Gasteiger charge is 2.36. The van der Waals surface area contributed by atoms with E-state index in [1.807, 2.05) is 0 Å². The lowest BCUT2D eigenvalue weighted by molar-refractivity contribution is -0.141. The molecule has 4 nitrogen and oxygen atoms in total. The van der Waals surface area contributed by atoms with E-state index in [0.717, 1.165) is 29.6 Å². The largest absolute Gasteiger partial charge is 0.434 e. The highest BCUT2D eigenvalue weighted by molar-refractivity contribution is 7.09. The quantitative estimate of drug-likeness (QED) is 0.908. The molecular weight excluding hydrogens is 303 g/mol. The van der Waals surface area contributed by atoms with Crippen LogP contribution in [-0.2, 0) is 11.0 Å². The van der Waals surface area contributed by atoms with Crippen LogP contribution in [0.25, 0.3) is 0 Å². The van der Waals surface area contributed by atoms with Crippen LogP contribution in [0.3, 0.4) is 0 Å². The first kappa shape index (κ1) is 14.8. The number of aromatic nitrogens is 1. The van der Waals surface area contributed by atoms with Gasteiger partial charge in [-0.1, -0.05) is 0 Å². The highest BCUT2D eigenvalue weighted by atomic mass is 32.1. The molecule has 116 valence electrons. The Morgan fingerprint density at radius 2 is 2.19 bits per heavy atom. The van der Waals surface area contributed by atoms with Crippen molar-refractivity contribution >= 4 is 17.2 Å². The van der Waals surface area contributed by atoms with Crippen LogP contribution in [0.4, 0.5) is 13.2 Å². The Bertz CT molecular complexity index is 527. The first-order chi connectivity index (χ1) is 9.95. The second kappa shape index (κ2) is 5.57. The molecule has 0 saturated carbocycles. The number of nitrogens with one attached hydrogen (secondary N) is 1. The van der Waals surface area contributed by atoms with Crippen molar-refractivity contribution in [3.8, 4) is 0 Å². The van der Waals surface area contributed by atoms with Crippen molar-refractivity contribution in [2.24, 2.45) is 5.92 Å². The highest BCUT2D eigenvalue weighted by Crippen LogP contribution is 2.35. The third kappa shape index (κ3) is 3.06. The van der Waals surface area contributed by atoms with Crippen molar-refractivity contribution in [3.63, 3.8) is 0 Å². The number of hydrogen-bond acceptors (Lipinski definition) is 4. The van der Waals surface area contributed by atoms with Crippen molar-refractivity contribution in [1.29, 1.82) is 0 Å². The maximum absolute atomic E-state index is 12.6. The molecule has 0 aliphatic carbocycles. The summed E-state index contributed by atoms with van der Waals surface area (Å²) >= 11 is 1.04. The Morgan fingerprint density at radius 1 is 1.43 bits per heavy atom. The smallest absolute Gasteiger partial charge is 0.342 e. The average molecular weight is 319 g/mol. The fourth-order valence-electron chi connectivity index (χ4n) is 2.71. The van der Waals surface area contributed by atoms with Gasteiger partial charge >= 0.3 is 6.18 Å². The molecule has 0 aromatic carbocycles. The predicted molar refractivity (Wildman–Crippen MR) is 72.0 cm³/mol. The molecule has 3 rings (SSSR count). The normalized spacial score (nSPS) is 24.0. The van der Waals surface area contributed by atoms with Crippen LogP contribution in [0, 0.1) is 5.92 Å². The SMILES string of the molecule is O=C(C1CNC1)N1CCCC(c2nc(C(F)(F)F)cs2)C1. The number of carbonyl (C=O) groups excluding carboxylic acids is 1. The molecule has 0 radical (unpaired) electrons. The zero-order valence-corrected chi connectivity index (χ0v) is 12.1. The average Bonchev–Trinajstić information content (AvgIpc) is 2.86. The van der Waals surface area contributed by atoms with Gasteiger partial charge in [-0.2, -0.15) is 13.2 Å². The first-order valence-electron chi connectivity index (χ1n) is 6.97. The fraction of sp³-hybridized carbons (Fsp3) is 0.692. The van der Waals surface area contributed by atoms with E-state index in [2.05, 4.69) is 10.3 Å². The molecule has 2 aliphatic rings. The van der Waals surface area contributed by atoms with Gasteiger partial charge in [0.25, 0.3) is 0 Å². The minimum absolute atomic E-state index is 0.0331. The lowest BCUT2D eigenvalue weighted by Crippen LogP contribution is -2.53. The van der Waals surface area contributed by atoms with Gasteiger partial charge in [-0.05, 0) is 12.8 Å². The Morgan fingerprint density at radius 3 is 2.76 bits per heavy atom. The summed E-state index contributed by atoms with van der Waals surface area (Å²) in [7, 11) is 0. The minimum atomic E-state index is -4.39. The van der Waals surface area contributed by atoms with Crippen molar-refractivity contribution < 1.29 is 18.0 Å². The van der Waals surface area contributed by atoms with Crippen LogP contribution in [-0.4, -0.2) is 42.0 Å². The lowest BCUT2D eigenvalue weighted by atomic mass is 9.95. The minimum Gasteiger partial charge on any atom is -0.342 e. The summed E-state index contributed by atoms with van der Waals surface area (Å²) < 4.78 is 37.8. The van der Waals surface area contributed by atoms with Crippen LogP contribution < -0.4 is 5.32 Å². The molecule has 2 saturated heterocycles. The maximum atomic E-state index is 12.6. The van der Waals surface area contributed by atoms with Crippen LogP contribution >= 0.6 is 11.3 Å². The topological polar surface area (TPSA) is 45.2 Å². The van der Waals surface area contributed by atoms with Crippen LogP contribution in [0.15, 0.2) is 5.38 Å². The van der Waals surface area contributed by atoms with E-state index in [-0.39, 0.29) is 17.7 Å². The summed E-state index contributed by atoms with van der Waals surface area (Å²) in [6.45, 7) is 2.59. The third-order valence-corrected chi connectivity index (χ3v) is 5.03. The molecule has 1 amide bonds. The molecule has 21 heavy (non-hydrogen) atoms. The van der Waals surface area contributed by atoms with E-state index in [9.17, 15) is 18.0 Å². The van der Waals surface area contributed by atoms with E-state index in [1.54, 1.807) is 4.90 Å². The van der Waals surface area contributed by atoms with Gasteiger partial charge in [0.15, 0.2) is 5.69 Å². The lowest BCUT2D eigenvalue weighted by Gasteiger charge is -2.37. The molecule has 1 aromatic heterocycles. The summed E-state index contributed by atoms with van der Waals surface area (Å²) in [4.78, 5) is 17.7. The van der Waals surface area contributed by atoms with E-state index >= 15 is 0 Å². The molecule has 1 aromatic rings. The third-order valence-electron chi connectivity index (χ3n) is 4.03. The second-order valence-electron chi connectivity index (χ2n) is 5.55. The molecule has 8 heteroatoms. The van der Waals surface area contributed by atoms with Gasteiger partial charge in [0, 0.05) is 37.5 Å². The van der Waals surface area contributed by atoms with Crippen molar-refractivity contribution in [1.82, 2.24) is 15.2 Å². The standard InChI is InChI=1S/C13H16F3N3OS/c14-13(15,16)10-7-21-11(18-10)8-2-1-3-19(6-8)12(20)9-4-17-5-9/h7-9,17H,1-6H2. The fourth-order valence-corrected chi connectivity index (χ4v) is 3.66. The molecule has 2 aliphatic heterocycles. The van der Waals surface area contributed by atoms with E-state index in [0.29, 0.717) is 31.2 Å². The first-order valence-corrected chi connectivity index (χ1v) is 7.85. The van der Waals surface area contributed by atoms with Crippen molar-refractivity contribution in [2.45, 2.75) is 24.9 Å². The predicted octanol–water partition coefficient (Wildman–Crippen LogP) is 2.09. The number of alkyl halides is 3. The van der Waals surface area contributed by atoms with Gasteiger partial charge in [0.2, 0.25) is 5.91 Å². The summed E-state index contributed by atoms with van der Waals surface area (Å²) in [6, 6.07) is 0. The Balaban J connectivity index is 1.68. The zero-order chi connectivity index (χ0) is 15.0. The number of piperidine rings is 1. The van der Waals surface area contributed by atoms with Crippen molar-refractivity contribution in [2.75, 3.05) is 26.2 Å². The Hall–Kier alpha value is -1.15. The maximum Gasteiger partial charge on any atom is 0.434 e. The number of nitrogens with zero attached hydrogens (tertiary/aromatic N) is 2. The number of likely N-dealkylation sites (tertiary alicyclic amines) is 1. The van der Waals surface area contributed by atoms with Crippen LogP contribution in [0.5, 0.6) is 0 Å². The summed E-state index contributed by atoms with van der Waals surface area (Å²) in [5, 5.41) is 4.61. The van der Waals surface area contributed by atoms with Gasteiger partial charge in [-0.3, -0.25) is 4.79 Å². The molecule has 1 unspecified atom stereocenters. The van der Waals surface area contributed by atoms with Gasteiger partial charge in [-0.25, -0.2) is 4.98 Å².